The number of methoxy groups -OCH3 is 1. The first-order valence-electron chi connectivity index (χ1n) is 9.43. The molecule has 2 aliphatic rings. The number of piperidine rings is 1. The van der Waals surface area contributed by atoms with Crippen molar-refractivity contribution >= 4 is 11.8 Å². The van der Waals surface area contributed by atoms with Crippen LogP contribution in [-0.2, 0) is 4.74 Å². The lowest BCUT2D eigenvalue weighted by molar-refractivity contribution is 0.00201. The molecule has 150 valence electrons. The number of aromatic nitrogens is 1. The average molecular weight is 390 g/mol. The molecule has 0 aliphatic carbocycles. The molecule has 0 bridgehead atoms. The molecule has 1 spiro atoms. The van der Waals surface area contributed by atoms with Crippen LogP contribution in [0.25, 0.3) is 11.3 Å². The Kier molecular flexibility index (Phi) is 4.97. The third-order valence-electron chi connectivity index (χ3n) is 5.98. The molecule has 4 rings (SSSR count). The highest BCUT2D eigenvalue weighted by molar-refractivity contribution is 5.99. The van der Waals surface area contributed by atoms with Gasteiger partial charge in [0.15, 0.2) is 28.7 Å². The molecule has 2 saturated heterocycles. The van der Waals surface area contributed by atoms with Gasteiger partial charge in [0.2, 0.25) is 0 Å². The normalized spacial score (nSPS) is 19.0. The van der Waals surface area contributed by atoms with E-state index >= 15 is 0 Å². The first-order valence-corrected chi connectivity index (χ1v) is 9.43. The Morgan fingerprint density at radius 1 is 1.25 bits per heavy atom. The zero-order chi connectivity index (χ0) is 19.7. The summed E-state index contributed by atoms with van der Waals surface area (Å²) in [7, 11) is 1.35. The standard InChI is InChI=1S/C20H23FN2O5/c1-26-15-12-13(2-3-14(15)21)17-16(19(24)25)18(22-28-17)23-8-4-20(5-9-23)6-10-27-11-7-20/h2-3,12H,4-11H2,1H3,(H,24,25). The van der Waals surface area contributed by atoms with Crippen molar-refractivity contribution in [2.75, 3.05) is 38.3 Å². The number of halogens is 1. The van der Waals surface area contributed by atoms with E-state index in [1.54, 1.807) is 0 Å². The van der Waals surface area contributed by atoms with Gasteiger partial charge in [-0.2, -0.15) is 0 Å². The van der Waals surface area contributed by atoms with Crippen LogP contribution in [0, 0.1) is 11.2 Å². The summed E-state index contributed by atoms with van der Waals surface area (Å²) in [6, 6.07) is 4.10. The molecule has 1 N–H and O–H groups in total. The van der Waals surface area contributed by atoms with Gasteiger partial charge in [-0.05, 0) is 49.3 Å². The van der Waals surface area contributed by atoms with E-state index in [1.165, 1.54) is 25.3 Å². The van der Waals surface area contributed by atoms with Crippen molar-refractivity contribution < 1.29 is 28.3 Å². The van der Waals surface area contributed by atoms with Crippen molar-refractivity contribution in [2.24, 2.45) is 5.41 Å². The lowest BCUT2D eigenvalue weighted by atomic mass is 9.72. The Labute approximate surface area is 162 Å². The van der Waals surface area contributed by atoms with E-state index < -0.39 is 11.8 Å². The van der Waals surface area contributed by atoms with Crippen molar-refractivity contribution in [3.8, 4) is 17.1 Å². The molecule has 2 aliphatic heterocycles. The molecule has 3 heterocycles. The molecule has 8 heteroatoms. The second-order valence-corrected chi connectivity index (χ2v) is 7.46. The Morgan fingerprint density at radius 3 is 2.61 bits per heavy atom. The van der Waals surface area contributed by atoms with Crippen LogP contribution in [0.5, 0.6) is 5.75 Å². The van der Waals surface area contributed by atoms with Gasteiger partial charge in [0.25, 0.3) is 0 Å². The second kappa shape index (κ2) is 7.43. The number of carbonyl (C=O) groups is 1. The van der Waals surface area contributed by atoms with Gasteiger partial charge in [0, 0.05) is 31.9 Å². The van der Waals surface area contributed by atoms with Crippen molar-refractivity contribution in [1.29, 1.82) is 0 Å². The van der Waals surface area contributed by atoms with E-state index in [-0.39, 0.29) is 22.5 Å². The number of aromatic carboxylic acids is 1. The van der Waals surface area contributed by atoms with Crippen LogP contribution in [0.1, 0.15) is 36.0 Å². The highest BCUT2D eigenvalue weighted by Crippen LogP contribution is 2.42. The summed E-state index contributed by atoms with van der Waals surface area (Å²) in [6.45, 7) is 3.03. The summed E-state index contributed by atoms with van der Waals surface area (Å²) in [6.07, 6.45) is 4.04. The van der Waals surface area contributed by atoms with E-state index in [0.717, 1.165) is 52.0 Å². The number of carboxylic acids is 1. The van der Waals surface area contributed by atoms with Crippen LogP contribution in [-0.4, -0.2) is 49.6 Å². The third kappa shape index (κ3) is 3.32. The molecule has 2 aromatic rings. The minimum Gasteiger partial charge on any atom is -0.494 e. The smallest absolute Gasteiger partial charge is 0.343 e. The summed E-state index contributed by atoms with van der Waals surface area (Å²) in [4.78, 5) is 14.0. The Morgan fingerprint density at radius 2 is 1.96 bits per heavy atom. The van der Waals surface area contributed by atoms with Crippen LogP contribution in [0.2, 0.25) is 0 Å². The van der Waals surface area contributed by atoms with Gasteiger partial charge >= 0.3 is 5.97 Å². The fourth-order valence-electron chi connectivity index (χ4n) is 4.19. The Hall–Kier alpha value is -2.61. The molecule has 7 nitrogen and oxygen atoms in total. The van der Waals surface area contributed by atoms with E-state index in [9.17, 15) is 14.3 Å². The molecule has 0 unspecified atom stereocenters. The van der Waals surface area contributed by atoms with Crippen LogP contribution in [0.15, 0.2) is 22.7 Å². The number of benzene rings is 1. The highest BCUT2D eigenvalue weighted by Gasteiger charge is 2.38. The van der Waals surface area contributed by atoms with Gasteiger partial charge in [-0.25, -0.2) is 9.18 Å². The number of carboxylic acid groups (broad SMARTS) is 1. The number of rotatable bonds is 4. The maximum atomic E-state index is 13.7. The molecule has 1 aromatic carbocycles. The predicted octanol–water partition coefficient (Wildman–Crippen LogP) is 3.58. The number of hydrogen-bond donors (Lipinski definition) is 1. The minimum atomic E-state index is -1.12. The number of hydrogen-bond acceptors (Lipinski definition) is 6. The Balaban J connectivity index is 1.62. The predicted molar refractivity (Wildman–Crippen MR) is 99.3 cm³/mol. The zero-order valence-corrected chi connectivity index (χ0v) is 15.7. The maximum absolute atomic E-state index is 13.7. The number of nitrogens with zero attached hydrogens (tertiary/aromatic N) is 2. The van der Waals surface area contributed by atoms with Crippen molar-refractivity contribution in [2.45, 2.75) is 25.7 Å². The number of anilines is 1. The summed E-state index contributed by atoms with van der Waals surface area (Å²) < 4.78 is 29.6. The first kappa shape index (κ1) is 18.7. The molecule has 0 amide bonds. The zero-order valence-electron chi connectivity index (χ0n) is 15.7. The van der Waals surface area contributed by atoms with Gasteiger partial charge < -0.3 is 24.0 Å². The monoisotopic (exact) mass is 390 g/mol. The van der Waals surface area contributed by atoms with E-state index in [4.69, 9.17) is 14.0 Å². The van der Waals surface area contributed by atoms with E-state index in [0.29, 0.717) is 11.4 Å². The molecular formula is C20H23FN2O5. The summed E-state index contributed by atoms with van der Waals surface area (Å²) >= 11 is 0. The molecule has 28 heavy (non-hydrogen) atoms. The molecular weight excluding hydrogens is 367 g/mol. The molecule has 0 radical (unpaired) electrons. The molecule has 2 fully saturated rings. The van der Waals surface area contributed by atoms with Gasteiger partial charge in [-0.3, -0.25) is 0 Å². The van der Waals surface area contributed by atoms with Crippen LogP contribution < -0.4 is 9.64 Å². The van der Waals surface area contributed by atoms with Gasteiger partial charge in [0.1, 0.15) is 0 Å². The third-order valence-corrected chi connectivity index (χ3v) is 5.98. The fraction of sp³-hybridized carbons (Fsp3) is 0.500. The van der Waals surface area contributed by atoms with Crippen molar-refractivity contribution in [3.63, 3.8) is 0 Å². The summed E-state index contributed by atoms with van der Waals surface area (Å²) in [5.41, 5.74) is 0.693. The number of ether oxygens (including phenoxy) is 2. The van der Waals surface area contributed by atoms with Crippen molar-refractivity contribution in [1.82, 2.24) is 5.16 Å². The molecule has 0 atom stereocenters. The van der Waals surface area contributed by atoms with Crippen LogP contribution in [0.3, 0.4) is 0 Å². The molecule has 1 aromatic heterocycles. The van der Waals surface area contributed by atoms with Gasteiger partial charge in [0.05, 0.1) is 7.11 Å². The maximum Gasteiger partial charge on any atom is 0.343 e. The lowest BCUT2D eigenvalue weighted by Gasteiger charge is -2.44. The first-order chi connectivity index (χ1) is 13.5. The van der Waals surface area contributed by atoms with Gasteiger partial charge in [-0.15, -0.1) is 0 Å². The lowest BCUT2D eigenvalue weighted by Crippen LogP contribution is -2.43. The molecule has 0 saturated carbocycles. The topological polar surface area (TPSA) is 85.0 Å². The highest BCUT2D eigenvalue weighted by atomic mass is 19.1. The Bertz CT molecular complexity index is 865. The quantitative estimate of drug-likeness (QED) is 0.854. The average Bonchev–Trinajstić information content (AvgIpc) is 3.15. The van der Waals surface area contributed by atoms with Crippen LogP contribution in [0.4, 0.5) is 10.2 Å². The summed E-state index contributed by atoms with van der Waals surface area (Å²) in [5, 5.41) is 13.9. The van der Waals surface area contributed by atoms with E-state index in [1.807, 2.05) is 4.90 Å². The SMILES string of the molecule is COc1cc(-c2onc(N3CCC4(CCOCC4)CC3)c2C(=O)O)ccc1F. The van der Waals surface area contributed by atoms with Crippen molar-refractivity contribution in [3.05, 3.63) is 29.6 Å². The van der Waals surface area contributed by atoms with Crippen LogP contribution >= 0.6 is 0 Å². The van der Waals surface area contributed by atoms with Gasteiger partial charge in [-0.1, -0.05) is 5.16 Å². The second-order valence-electron chi connectivity index (χ2n) is 7.46. The fourth-order valence-corrected chi connectivity index (χ4v) is 4.19. The largest absolute Gasteiger partial charge is 0.494 e. The minimum absolute atomic E-state index is 0.00316. The summed E-state index contributed by atoms with van der Waals surface area (Å²) in [5.74, 6) is -1.20. The van der Waals surface area contributed by atoms with E-state index in [2.05, 4.69) is 5.16 Å².